The lowest BCUT2D eigenvalue weighted by atomic mass is 10.4. The number of carboxylic acids is 1. The summed E-state index contributed by atoms with van der Waals surface area (Å²) in [6.45, 7) is 0.206. The Labute approximate surface area is 119 Å². The molecule has 2 rings (SSSR count). The molecule has 0 aliphatic rings. The third-order valence-corrected chi connectivity index (χ3v) is 4.33. The first-order valence-electron chi connectivity index (χ1n) is 5.44. The van der Waals surface area contributed by atoms with Gasteiger partial charge in [-0.3, -0.25) is 0 Å². The van der Waals surface area contributed by atoms with E-state index in [1.807, 2.05) is 0 Å². The van der Waals surface area contributed by atoms with Gasteiger partial charge in [0, 0.05) is 17.8 Å². The van der Waals surface area contributed by atoms with Crippen molar-refractivity contribution in [2.45, 2.75) is 11.4 Å². The summed E-state index contributed by atoms with van der Waals surface area (Å²) in [7, 11) is -3.38. The highest BCUT2D eigenvalue weighted by atomic mass is 32.2. The quantitative estimate of drug-likeness (QED) is 0.855. The number of nitrogens with one attached hydrogen (secondary N) is 1. The van der Waals surface area contributed by atoms with Crippen molar-refractivity contribution in [3.05, 3.63) is 34.4 Å². The van der Waals surface area contributed by atoms with E-state index in [0.717, 1.165) is 6.26 Å². The average molecular weight is 313 g/mol. The van der Waals surface area contributed by atoms with Gasteiger partial charge < -0.3 is 10.4 Å². The minimum absolute atomic E-state index is 0.0313. The zero-order valence-electron chi connectivity index (χ0n) is 10.4. The summed E-state index contributed by atoms with van der Waals surface area (Å²) in [6.07, 6.45) is 2.57. The maximum atomic E-state index is 11.6. The fraction of sp³-hybridized carbons (Fsp3) is 0.182. The van der Waals surface area contributed by atoms with Crippen LogP contribution in [0.15, 0.2) is 28.6 Å². The van der Waals surface area contributed by atoms with E-state index in [-0.39, 0.29) is 23.0 Å². The van der Waals surface area contributed by atoms with Crippen LogP contribution in [0, 0.1) is 0 Å². The Kier molecular flexibility index (Phi) is 4.00. The number of carbonyl (C=O) groups is 1. The highest BCUT2D eigenvalue weighted by Gasteiger charge is 2.14. The minimum atomic E-state index is -3.38. The molecule has 106 valence electrons. The van der Waals surface area contributed by atoms with Crippen molar-refractivity contribution < 1.29 is 18.3 Å². The highest BCUT2D eigenvalue weighted by molar-refractivity contribution is 7.90. The molecule has 0 radical (unpaired) electrons. The Balaban J connectivity index is 2.17. The van der Waals surface area contributed by atoms with E-state index in [9.17, 15) is 13.2 Å². The number of sulfone groups is 1. The second-order valence-corrected chi connectivity index (χ2v) is 6.83. The molecule has 9 heteroatoms. The van der Waals surface area contributed by atoms with E-state index in [4.69, 9.17) is 5.11 Å². The number of hydrogen-bond donors (Lipinski definition) is 2. The predicted octanol–water partition coefficient (Wildman–Crippen LogP) is 1.25. The van der Waals surface area contributed by atoms with Crippen LogP contribution < -0.4 is 5.32 Å². The van der Waals surface area contributed by atoms with Gasteiger partial charge >= 0.3 is 5.97 Å². The van der Waals surface area contributed by atoms with E-state index in [0.29, 0.717) is 5.01 Å². The van der Waals surface area contributed by atoms with Crippen molar-refractivity contribution in [1.82, 2.24) is 9.97 Å². The average Bonchev–Trinajstić information content (AvgIpc) is 2.84. The number of carboxylic acid groups (broad SMARTS) is 1. The summed E-state index contributed by atoms with van der Waals surface area (Å²) in [5.41, 5.74) is -0.0313. The second kappa shape index (κ2) is 5.55. The van der Waals surface area contributed by atoms with Gasteiger partial charge in [-0.05, 0) is 12.1 Å². The molecule has 2 heterocycles. The first kappa shape index (κ1) is 14.4. The van der Waals surface area contributed by atoms with Crippen LogP contribution >= 0.6 is 11.3 Å². The van der Waals surface area contributed by atoms with Gasteiger partial charge in [0.1, 0.15) is 15.7 Å². The zero-order chi connectivity index (χ0) is 14.8. The van der Waals surface area contributed by atoms with Crippen LogP contribution in [-0.2, 0) is 16.4 Å². The van der Waals surface area contributed by atoms with Gasteiger partial charge in [0.2, 0.25) is 0 Å². The van der Waals surface area contributed by atoms with Gasteiger partial charge in [-0.15, -0.1) is 11.3 Å². The molecule has 0 aromatic carbocycles. The van der Waals surface area contributed by atoms with Gasteiger partial charge in [-0.1, -0.05) is 0 Å². The fourth-order valence-electron chi connectivity index (χ4n) is 1.47. The fourth-order valence-corrected chi connectivity index (χ4v) is 2.98. The Morgan fingerprint density at radius 2 is 2.25 bits per heavy atom. The van der Waals surface area contributed by atoms with Crippen LogP contribution in [0.5, 0.6) is 0 Å². The Bertz CT molecular complexity index is 740. The zero-order valence-corrected chi connectivity index (χ0v) is 12.0. The number of pyridine rings is 1. The summed E-state index contributed by atoms with van der Waals surface area (Å²) >= 11 is 1.18. The lowest BCUT2D eigenvalue weighted by Crippen LogP contribution is -2.08. The summed E-state index contributed by atoms with van der Waals surface area (Å²) < 4.78 is 23.2. The van der Waals surface area contributed by atoms with Crippen LogP contribution in [0.3, 0.4) is 0 Å². The Morgan fingerprint density at radius 3 is 2.85 bits per heavy atom. The molecule has 0 atom stereocenters. The lowest BCUT2D eigenvalue weighted by Gasteiger charge is -2.07. The van der Waals surface area contributed by atoms with Crippen LogP contribution in [0.25, 0.3) is 0 Å². The molecule has 20 heavy (non-hydrogen) atoms. The van der Waals surface area contributed by atoms with Crippen LogP contribution in [-0.4, -0.2) is 35.7 Å². The van der Waals surface area contributed by atoms with Crippen molar-refractivity contribution in [2.75, 3.05) is 11.6 Å². The van der Waals surface area contributed by atoms with E-state index >= 15 is 0 Å². The SMILES string of the molecule is CS(=O)(=O)c1cccnc1NCc1nc(C(=O)O)cs1. The number of thiazole rings is 1. The van der Waals surface area contributed by atoms with Crippen LogP contribution in [0.2, 0.25) is 0 Å². The normalized spacial score (nSPS) is 11.2. The second-order valence-electron chi connectivity index (χ2n) is 3.91. The number of hydrogen-bond acceptors (Lipinski definition) is 7. The molecule has 0 aliphatic carbocycles. The topological polar surface area (TPSA) is 109 Å². The van der Waals surface area contributed by atoms with E-state index in [2.05, 4.69) is 15.3 Å². The van der Waals surface area contributed by atoms with Crippen LogP contribution in [0.4, 0.5) is 5.82 Å². The molecular formula is C11H11N3O4S2. The van der Waals surface area contributed by atoms with Crippen molar-refractivity contribution >= 4 is 33.0 Å². The minimum Gasteiger partial charge on any atom is -0.476 e. The molecule has 7 nitrogen and oxygen atoms in total. The molecular weight excluding hydrogens is 302 g/mol. The standard InChI is InChI=1S/C11H11N3O4S2/c1-20(17,18)8-3-2-4-12-10(8)13-5-9-14-7(6-19-9)11(15)16/h2-4,6H,5H2,1H3,(H,12,13)(H,15,16). The van der Waals surface area contributed by atoms with Crippen molar-refractivity contribution in [2.24, 2.45) is 0 Å². The first-order valence-corrected chi connectivity index (χ1v) is 8.21. The van der Waals surface area contributed by atoms with Crippen molar-refractivity contribution in [3.8, 4) is 0 Å². The molecule has 2 aromatic heterocycles. The number of aromatic nitrogens is 2. The smallest absolute Gasteiger partial charge is 0.355 e. The number of anilines is 1. The van der Waals surface area contributed by atoms with Crippen LogP contribution in [0.1, 0.15) is 15.5 Å². The molecule has 0 amide bonds. The molecule has 0 unspecified atom stereocenters. The number of rotatable bonds is 5. The molecule has 2 aromatic rings. The van der Waals surface area contributed by atoms with Gasteiger partial charge in [0.05, 0.1) is 6.54 Å². The van der Waals surface area contributed by atoms with Crippen molar-refractivity contribution in [3.63, 3.8) is 0 Å². The Hall–Kier alpha value is -2.00. The van der Waals surface area contributed by atoms with E-state index in [1.165, 1.54) is 35.0 Å². The molecule has 0 saturated heterocycles. The van der Waals surface area contributed by atoms with Gasteiger partial charge in [0.15, 0.2) is 15.5 Å². The highest BCUT2D eigenvalue weighted by Crippen LogP contribution is 2.19. The predicted molar refractivity (Wildman–Crippen MR) is 73.7 cm³/mol. The largest absolute Gasteiger partial charge is 0.476 e. The maximum absolute atomic E-state index is 11.6. The number of nitrogens with zero attached hydrogens (tertiary/aromatic N) is 2. The van der Waals surface area contributed by atoms with Gasteiger partial charge in [-0.2, -0.15) is 0 Å². The molecule has 2 N–H and O–H groups in total. The summed E-state index contributed by atoms with van der Waals surface area (Å²) in [5.74, 6) is -0.871. The van der Waals surface area contributed by atoms with Gasteiger partial charge in [0.25, 0.3) is 0 Å². The molecule has 0 fully saturated rings. The summed E-state index contributed by atoms with van der Waals surface area (Å²) in [5, 5.41) is 13.6. The summed E-state index contributed by atoms with van der Waals surface area (Å²) in [6, 6.07) is 2.99. The van der Waals surface area contributed by atoms with E-state index < -0.39 is 15.8 Å². The third kappa shape index (κ3) is 3.31. The summed E-state index contributed by atoms with van der Waals surface area (Å²) in [4.78, 5) is 18.7. The number of aromatic carboxylic acids is 1. The monoisotopic (exact) mass is 313 g/mol. The van der Waals surface area contributed by atoms with Gasteiger partial charge in [-0.25, -0.2) is 23.2 Å². The third-order valence-electron chi connectivity index (χ3n) is 2.35. The first-order chi connectivity index (χ1) is 9.38. The van der Waals surface area contributed by atoms with Crippen molar-refractivity contribution in [1.29, 1.82) is 0 Å². The lowest BCUT2D eigenvalue weighted by molar-refractivity contribution is 0.0691. The Morgan fingerprint density at radius 1 is 1.50 bits per heavy atom. The maximum Gasteiger partial charge on any atom is 0.355 e. The molecule has 0 bridgehead atoms. The van der Waals surface area contributed by atoms with E-state index in [1.54, 1.807) is 0 Å². The molecule has 0 spiro atoms. The molecule has 0 aliphatic heterocycles. The molecule has 0 saturated carbocycles.